The second-order valence-electron chi connectivity index (χ2n) is 6.19. The molecule has 2 fully saturated rings. The first-order chi connectivity index (χ1) is 7.18. The summed E-state index contributed by atoms with van der Waals surface area (Å²) in [6, 6.07) is 0. The largest absolute Gasteiger partial charge is 0.119 e. The molecule has 0 radical (unpaired) electrons. The quantitative estimate of drug-likeness (QED) is 0.607. The lowest BCUT2D eigenvalue weighted by Gasteiger charge is -2.40. The van der Waals surface area contributed by atoms with Crippen molar-refractivity contribution in [2.24, 2.45) is 23.7 Å². The van der Waals surface area contributed by atoms with Crippen LogP contribution in [0, 0.1) is 23.7 Å². The summed E-state index contributed by atoms with van der Waals surface area (Å²) < 4.78 is 0. The van der Waals surface area contributed by atoms with Crippen LogP contribution in [-0.2, 0) is 0 Å². The van der Waals surface area contributed by atoms with Gasteiger partial charge in [-0.05, 0) is 61.2 Å². The monoisotopic (exact) mass is 226 g/mol. The predicted molar refractivity (Wildman–Crippen MR) is 71.0 cm³/mol. The topological polar surface area (TPSA) is 0 Å². The van der Waals surface area contributed by atoms with Crippen LogP contribution in [0.4, 0.5) is 0 Å². The molecule has 0 N–H and O–H groups in total. The third-order valence-corrected chi connectivity index (χ3v) is 6.57. The van der Waals surface area contributed by atoms with Gasteiger partial charge in [0, 0.05) is 0 Å². The fraction of sp³-hybridized carbons (Fsp3) is 1.00. The molecule has 2 aliphatic rings. The van der Waals surface area contributed by atoms with Crippen molar-refractivity contribution >= 4 is 8.58 Å². The molecule has 1 heteroatoms. The van der Waals surface area contributed by atoms with E-state index in [0.29, 0.717) is 0 Å². The molecule has 0 aromatic heterocycles. The normalized spacial score (nSPS) is 44.0. The van der Waals surface area contributed by atoms with Crippen molar-refractivity contribution in [3.63, 3.8) is 0 Å². The Kier molecular flexibility index (Phi) is 4.10. The second-order valence-corrected chi connectivity index (χ2v) is 7.84. The molecule has 1 aliphatic heterocycles. The maximum atomic E-state index is 2.47. The van der Waals surface area contributed by atoms with E-state index in [9.17, 15) is 0 Å². The molecule has 0 nitrogen and oxygen atoms in total. The average molecular weight is 226 g/mol. The maximum Gasteiger partial charge on any atom is -0.0205 e. The fourth-order valence-corrected chi connectivity index (χ4v) is 5.69. The lowest BCUT2D eigenvalue weighted by atomic mass is 9.68. The molecular weight excluding hydrogens is 199 g/mol. The van der Waals surface area contributed by atoms with Crippen LogP contribution in [-0.4, -0.2) is 11.8 Å². The van der Waals surface area contributed by atoms with E-state index >= 15 is 0 Å². The van der Waals surface area contributed by atoms with Gasteiger partial charge in [0.05, 0.1) is 0 Å². The lowest BCUT2D eigenvalue weighted by Crippen LogP contribution is -2.33. The molecule has 0 bridgehead atoms. The van der Waals surface area contributed by atoms with E-state index in [4.69, 9.17) is 0 Å². The standard InChI is InChI=1S/C14H27P/c1-10(2)12-7-6-11(3)9-13(12)14-5-4-8-15-14/h10-15H,4-9H2,1-3H3. The first-order valence-corrected chi connectivity index (χ1v) is 8.20. The molecule has 1 heterocycles. The van der Waals surface area contributed by atoms with Crippen molar-refractivity contribution in [2.45, 2.75) is 58.5 Å². The minimum atomic E-state index is 0.924. The molecule has 0 spiro atoms. The highest BCUT2D eigenvalue weighted by Gasteiger charge is 2.36. The van der Waals surface area contributed by atoms with Crippen molar-refractivity contribution < 1.29 is 0 Å². The summed E-state index contributed by atoms with van der Waals surface area (Å²) in [5.41, 5.74) is 1.13. The zero-order valence-electron chi connectivity index (χ0n) is 10.6. The van der Waals surface area contributed by atoms with Gasteiger partial charge >= 0.3 is 0 Å². The van der Waals surface area contributed by atoms with Gasteiger partial charge in [0.25, 0.3) is 0 Å². The summed E-state index contributed by atoms with van der Waals surface area (Å²) in [5.74, 6) is 4.08. The molecule has 1 aliphatic carbocycles. The molecule has 5 atom stereocenters. The summed E-state index contributed by atoms with van der Waals surface area (Å²) in [6.07, 6.45) is 9.18. The molecule has 0 aromatic rings. The van der Waals surface area contributed by atoms with Crippen LogP contribution in [0.3, 0.4) is 0 Å². The third kappa shape index (κ3) is 2.76. The molecule has 0 amide bonds. The van der Waals surface area contributed by atoms with Crippen LogP contribution in [0.2, 0.25) is 0 Å². The second kappa shape index (κ2) is 5.17. The van der Waals surface area contributed by atoms with Crippen LogP contribution >= 0.6 is 8.58 Å². The van der Waals surface area contributed by atoms with Crippen LogP contribution in [0.15, 0.2) is 0 Å². The fourth-order valence-electron chi connectivity index (χ4n) is 3.82. The van der Waals surface area contributed by atoms with Crippen molar-refractivity contribution in [1.29, 1.82) is 0 Å². The van der Waals surface area contributed by atoms with Crippen LogP contribution in [0.25, 0.3) is 0 Å². The molecule has 88 valence electrons. The van der Waals surface area contributed by atoms with Gasteiger partial charge in [-0.2, -0.15) is 0 Å². The number of hydrogen-bond acceptors (Lipinski definition) is 0. The Bertz CT molecular complexity index is 194. The van der Waals surface area contributed by atoms with Crippen molar-refractivity contribution in [2.75, 3.05) is 6.16 Å². The molecule has 1 saturated heterocycles. The van der Waals surface area contributed by atoms with Gasteiger partial charge in [0.2, 0.25) is 0 Å². The maximum absolute atomic E-state index is 2.47. The Hall–Kier alpha value is 0.430. The van der Waals surface area contributed by atoms with Crippen LogP contribution in [0.5, 0.6) is 0 Å². The highest BCUT2D eigenvalue weighted by atomic mass is 31.1. The summed E-state index contributed by atoms with van der Waals surface area (Å²) in [4.78, 5) is 0. The van der Waals surface area contributed by atoms with E-state index in [0.717, 1.165) is 29.3 Å². The van der Waals surface area contributed by atoms with E-state index in [1.807, 2.05) is 0 Å². The molecule has 1 saturated carbocycles. The van der Waals surface area contributed by atoms with Crippen LogP contribution in [0.1, 0.15) is 52.9 Å². The summed E-state index contributed by atoms with van der Waals surface area (Å²) >= 11 is 0. The number of hydrogen-bond donors (Lipinski definition) is 0. The molecule has 2 rings (SSSR count). The van der Waals surface area contributed by atoms with E-state index < -0.39 is 0 Å². The Labute approximate surface area is 97.4 Å². The Morgan fingerprint density at radius 2 is 1.93 bits per heavy atom. The van der Waals surface area contributed by atoms with Crippen molar-refractivity contribution in [1.82, 2.24) is 0 Å². The third-order valence-electron chi connectivity index (χ3n) is 4.69. The smallest absolute Gasteiger partial charge is 0.0205 e. The first kappa shape index (κ1) is 11.9. The zero-order valence-corrected chi connectivity index (χ0v) is 11.6. The van der Waals surface area contributed by atoms with Gasteiger partial charge in [-0.25, -0.2) is 0 Å². The van der Waals surface area contributed by atoms with E-state index in [1.54, 1.807) is 19.0 Å². The summed E-state index contributed by atoms with van der Waals surface area (Å²) in [5, 5.41) is 0. The average Bonchev–Trinajstić information content (AvgIpc) is 2.69. The van der Waals surface area contributed by atoms with Gasteiger partial charge in [0.1, 0.15) is 0 Å². The Morgan fingerprint density at radius 3 is 2.53 bits per heavy atom. The Morgan fingerprint density at radius 1 is 1.13 bits per heavy atom. The lowest BCUT2D eigenvalue weighted by molar-refractivity contribution is 0.140. The molecule has 15 heavy (non-hydrogen) atoms. The van der Waals surface area contributed by atoms with Crippen molar-refractivity contribution in [3.05, 3.63) is 0 Å². The predicted octanol–water partition coefficient (Wildman–Crippen LogP) is 4.54. The van der Waals surface area contributed by atoms with Crippen molar-refractivity contribution in [3.8, 4) is 0 Å². The SMILES string of the molecule is CC1CCC(C(C)C)C(C2CCCP2)C1. The molecule has 5 unspecified atom stereocenters. The van der Waals surface area contributed by atoms with E-state index in [1.165, 1.54) is 27.8 Å². The minimum absolute atomic E-state index is 0.924. The molecule has 0 aromatic carbocycles. The zero-order chi connectivity index (χ0) is 10.8. The van der Waals surface area contributed by atoms with Gasteiger partial charge in [-0.1, -0.05) is 27.2 Å². The highest BCUT2D eigenvalue weighted by Crippen LogP contribution is 2.48. The minimum Gasteiger partial charge on any atom is -0.119 e. The summed E-state index contributed by atoms with van der Waals surface area (Å²) in [7, 11) is 1.30. The number of rotatable bonds is 2. The van der Waals surface area contributed by atoms with E-state index in [2.05, 4.69) is 20.8 Å². The van der Waals surface area contributed by atoms with Gasteiger partial charge in [0.15, 0.2) is 0 Å². The van der Waals surface area contributed by atoms with E-state index in [-0.39, 0.29) is 0 Å². The van der Waals surface area contributed by atoms with Gasteiger partial charge < -0.3 is 0 Å². The van der Waals surface area contributed by atoms with Gasteiger partial charge in [-0.3, -0.25) is 0 Å². The molecular formula is C14H27P. The van der Waals surface area contributed by atoms with Crippen LogP contribution < -0.4 is 0 Å². The van der Waals surface area contributed by atoms with Gasteiger partial charge in [-0.15, -0.1) is 8.58 Å². The first-order valence-electron chi connectivity index (χ1n) is 6.92. The summed E-state index contributed by atoms with van der Waals surface area (Å²) in [6.45, 7) is 7.37. The highest BCUT2D eigenvalue weighted by molar-refractivity contribution is 7.39. The Balaban J connectivity index is 2.01.